The van der Waals surface area contributed by atoms with Gasteiger partial charge in [-0.3, -0.25) is 14.3 Å². The summed E-state index contributed by atoms with van der Waals surface area (Å²) in [5.41, 5.74) is 2.48. The summed E-state index contributed by atoms with van der Waals surface area (Å²) in [6, 6.07) is 18.6. The van der Waals surface area contributed by atoms with Gasteiger partial charge >= 0.3 is 0 Å². The highest BCUT2D eigenvalue weighted by atomic mass is 79.9. The van der Waals surface area contributed by atoms with Crippen molar-refractivity contribution in [2.45, 2.75) is 5.16 Å². The second-order valence-corrected chi connectivity index (χ2v) is 8.49. The maximum Gasteiger partial charge on any atom is 0.234 e. The van der Waals surface area contributed by atoms with Crippen LogP contribution >= 0.6 is 39.3 Å². The lowest BCUT2D eigenvalue weighted by Crippen LogP contribution is -2.14. The van der Waals surface area contributed by atoms with Gasteiger partial charge in [-0.2, -0.15) is 0 Å². The number of carbonyl (C=O) groups excluding carboxylic acids is 1. The van der Waals surface area contributed by atoms with Gasteiger partial charge in [-0.15, -0.1) is 10.2 Å². The van der Waals surface area contributed by atoms with Gasteiger partial charge in [0.25, 0.3) is 0 Å². The molecule has 0 bridgehead atoms. The largest absolute Gasteiger partial charge is 0.325 e. The number of aromatic nitrogens is 4. The van der Waals surface area contributed by atoms with Gasteiger partial charge in [0.15, 0.2) is 11.0 Å². The second kappa shape index (κ2) is 9.42. The van der Waals surface area contributed by atoms with Crippen LogP contribution in [0.4, 0.5) is 5.69 Å². The van der Waals surface area contributed by atoms with Gasteiger partial charge in [0.2, 0.25) is 5.91 Å². The lowest BCUT2D eigenvalue weighted by atomic mass is 10.2. The molecule has 6 nitrogen and oxygen atoms in total. The van der Waals surface area contributed by atoms with Crippen LogP contribution in [0.3, 0.4) is 0 Å². The lowest BCUT2D eigenvalue weighted by molar-refractivity contribution is -0.113. The molecule has 0 aliphatic carbocycles. The number of hydrogen-bond donors (Lipinski definition) is 1. The van der Waals surface area contributed by atoms with E-state index in [1.54, 1.807) is 36.7 Å². The molecule has 4 aromatic rings. The normalized spacial score (nSPS) is 10.7. The molecule has 1 amide bonds. The maximum absolute atomic E-state index is 12.4. The van der Waals surface area contributed by atoms with Crippen molar-refractivity contribution in [2.75, 3.05) is 11.1 Å². The Morgan fingerprint density at radius 3 is 2.40 bits per heavy atom. The van der Waals surface area contributed by atoms with Crippen molar-refractivity contribution < 1.29 is 4.79 Å². The van der Waals surface area contributed by atoms with Gasteiger partial charge in [-0.05, 0) is 60.7 Å². The SMILES string of the molecule is O=C(CSc1nnc(-c2ccncc2)n1-c1ccc(Br)cc1)Nc1ccc(Cl)cc1. The molecule has 2 heterocycles. The maximum atomic E-state index is 12.4. The van der Waals surface area contributed by atoms with E-state index in [4.69, 9.17) is 11.6 Å². The Labute approximate surface area is 190 Å². The standard InChI is InChI=1S/C21H15BrClN5OS/c22-15-1-7-18(8-2-15)28-20(14-9-11-24-12-10-14)26-27-21(28)30-13-19(29)25-17-5-3-16(23)4-6-17/h1-12H,13H2,(H,25,29). The Kier molecular flexibility index (Phi) is 6.47. The fourth-order valence-electron chi connectivity index (χ4n) is 2.73. The summed E-state index contributed by atoms with van der Waals surface area (Å²) in [6.45, 7) is 0. The molecule has 30 heavy (non-hydrogen) atoms. The number of thioether (sulfide) groups is 1. The Morgan fingerprint density at radius 1 is 1.00 bits per heavy atom. The highest BCUT2D eigenvalue weighted by Crippen LogP contribution is 2.28. The van der Waals surface area contributed by atoms with Crippen LogP contribution in [0.25, 0.3) is 17.1 Å². The zero-order chi connectivity index (χ0) is 20.9. The van der Waals surface area contributed by atoms with Crippen LogP contribution < -0.4 is 5.32 Å². The van der Waals surface area contributed by atoms with Gasteiger partial charge in [0.1, 0.15) is 0 Å². The summed E-state index contributed by atoms with van der Waals surface area (Å²) < 4.78 is 2.91. The average Bonchev–Trinajstić information content (AvgIpc) is 3.19. The van der Waals surface area contributed by atoms with Crippen molar-refractivity contribution in [3.8, 4) is 17.1 Å². The van der Waals surface area contributed by atoms with Gasteiger partial charge in [-0.1, -0.05) is 39.3 Å². The molecule has 2 aromatic carbocycles. The van der Waals surface area contributed by atoms with Gasteiger partial charge < -0.3 is 5.32 Å². The Balaban J connectivity index is 1.58. The van der Waals surface area contributed by atoms with E-state index in [9.17, 15) is 4.79 Å². The van der Waals surface area contributed by atoms with Crippen LogP contribution in [-0.4, -0.2) is 31.4 Å². The Morgan fingerprint density at radius 2 is 1.70 bits per heavy atom. The summed E-state index contributed by atoms with van der Waals surface area (Å²) >= 11 is 10.7. The third-order valence-corrected chi connectivity index (χ3v) is 5.83. The van der Waals surface area contributed by atoms with Crippen molar-refractivity contribution in [1.29, 1.82) is 0 Å². The smallest absolute Gasteiger partial charge is 0.234 e. The minimum Gasteiger partial charge on any atom is -0.325 e. The summed E-state index contributed by atoms with van der Waals surface area (Å²) in [4.78, 5) is 16.5. The Bertz CT molecular complexity index is 1150. The van der Waals surface area contributed by atoms with Crippen LogP contribution in [0.5, 0.6) is 0 Å². The summed E-state index contributed by atoms with van der Waals surface area (Å²) in [5, 5.41) is 12.8. The van der Waals surface area contributed by atoms with Crippen molar-refractivity contribution in [1.82, 2.24) is 19.7 Å². The first-order valence-corrected chi connectivity index (χ1v) is 11.1. The number of anilines is 1. The van der Waals surface area contributed by atoms with Gasteiger partial charge in [-0.25, -0.2) is 0 Å². The summed E-state index contributed by atoms with van der Waals surface area (Å²) in [5.74, 6) is 0.728. The molecule has 4 rings (SSSR count). The fraction of sp³-hybridized carbons (Fsp3) is 0.0476. The van der Waals surface area contributed by atoms with Crippen LogP contribution in [0.2, 0.25) is 5.02 Å². The second-order valence-electron chi connectivity index (χ2n) is 6.20. The van der Waals surface area contributed by atoms with Crippen molar-refractivity contribution >= 4 is 50.9 Å². The molecular weight excluding hydrogens is 486 g/mol. The molecule has 150 valence electrons. The number of hydrogen-bond acceptors (Lipinski definition) is 5. The summed E-state index contributed by atoms with van der Waals surface area (Å²) in [7, 11) is 0. The minimum absolute atomic E-state index is 0.141. The van der Waals surface area contributed by atoms with Crippen LogP contribution in [0.1, 0.15) is 0 Å². The predicted molar refractivity (Wildman–Crippen MR) is 123 cm³/mol. The molecule has 1 N–H and O–H groups in total. The van der Waals surface area contributed by atoms with Gasteiger partial charge in [0.05, 0.1) is 5.75 Å². The molecule has 0 saturated heterocycles. The van der Waals surface area contributed by atoms with E-state index in [-0.39, 0.29) is 11.7 Å². The van der Waals surface area contributed by atoms with Crippen molar-refractivity contribution in [3.63, 3.8) is 0 Å². The molecular formula is C21H15BrClN5OS. The molecule has 0 aliphatic rings. The fourth-order valence-corrected chi connectivity index (χ4v) is 3.88. The first-order valence-electron chi connectivity index (χ1n) is 8.90. The highest BCUT2D eigenvalue weighted by Gasteiger charge is 2.17. The van der Waals surface area contributed by atoms with Crippen LogP contribution in [-0.2, 0) is 4.79 Å². The third-order valence-electron chi connectivity index (χ3n) is 4.12. The van der Waals surface area contributed by atoms with E-state index in [0.29, 0.717) is 21.7 Å². The zero-order valence-electron chi connectivity index (χ0n) is 15.5. The number of nitrogens with one attached hydrogen (secondary N) is 1. The number of halogens is 2. The van der Waals surface area contributed by atoms with Crippen molar-refractivity contribution in [3.05, 3.63) is 82.6 Å². The number of pyridine rings is 1. The van der Waals surface area contributed by atoms with E-state index in [0.717, 1.165) is 15.7 Å². The van der Waals surface area contributed by atoms with E-state index in [2.05, 4.69) is 36.4 Å². The quantitative estimate of drug-likeness (QED) is 0.355. The number of carbonyl (C=O) groups is 1. The minimum atomic E-state index is -0.141. The van der Waals surface area contributed by atoms with Gasteiger partial charge in [0, 0.05) is 38.8 Å². The topological polar surface area (TPSA) is 72.7 Å². The van der Waals surface area contributed by atoms with Crippen LogP contribution in [0.15, 0.2) is 82.7 Å². The number of nitrogens with zero attached hydrogens (tertiary/aromatic N) is 4. The molecule has 0 atom stereocenters. The first kappa shape index (κ1) is 20.6. The van der Waals surface area contributed by atoms with E-state index in [1.165, 1.54) is 11.8 Å². The number of benzene rings is 2. The zero-order valence-corrected chi connectivity index (χ0v) is 18.7. The predicted octanol–water partition coefficient (Wildman–Crippen LogP) is 5.48. The van der Waals surface area contributed by atoms with Crippen molar-refractivity contribution in [2.24, 2.45) is 0 Å². The molecule has 9 heteroatoms. The van der Waals surface area contributed by atoms with E-state index in [1.807, 2.05) is 41.0 Å². The van der Waals surface area contributed by atoms with E-state index < -0.39 is 0 Å². The monoisotopic (exact) mass is 499 g/mol. The molecule has 0 radical (unpaired) electrons. The lowest BCUT2D eigenvalue weighted by Gasteiger charge is -2.10. The molecule has 0 unspecified atom stereocenters. The molecule has 0 fully saturated rings. The van der Waals surface area contributed by atoms with E-state index >= 15 is 0 Å². The molecule has 0 spiro atoms. The number of rotatable bonds is 6. The molecule has 2 aromatic heterocycles. The summed E-state index contributed by atoms with van der Waals surface area (Å²) in [6.07, 6.45) is 3.42. The highest BCUT2D eigenvalue weighted by molar-refractivity contribution is 9.10. The molecule has 0 aliphatic heterocycles. The molecule has 0 saturated carbocycles. The van der Waals surface area contributed by atoms with Crippen LogP contribution in [0, 0.1) is 0 Å². The number of amides is 1. The third kappa shape index (κ3) is 4.89. The Hall–Kier alpha value is -2.68. The average molecular weight is 501 g/mol. The first-order chi connectivity index (χ1) is 14.6.